The fourth-order valence-electron chi connectivity index (χ4n) is 2.16. The maximum atomic E-state index is 5.67. The third-order valence-electron chi connectivity index (χ3n) is 3.25. The second-order valence-corrected chi connectivity index (χ2v) is 5.06. The van der Waals surface area contributed by atoms with Gasteiger partial charge in [0.25, 0.3) is 0 Å². The van der Waals surface area contributed by atoms with Gasteiger partial charge < -0.3 is 9.47 Å². The number of hydrogen-bond acceptors (Lipinski definition) is 2. The molecule has 17 heavy (non-hydrogen) atoms. The van der Waals surface area contributed by atoms with Gasteiger partial charge in [-0.2, -0.15) is 0 Å². The quantitative estimate of drug-likeness (QED) is 0.698. The summed E-state index contributed by atoms with van der Waals surface area (Å²) < 4.78 is 10.7. The number of benzene rings is 1. The van der Waals surface area contributed by atoms with E-state index >= 15 is 0 Å². The first-order chi connectivity index (χ1) is 8.22. The molecule has 0 amide bonds. The van der Waals surface area contributed by atoms with Crippen molar-refractivity contribution in [1.82, 2.24) is 0 Å². The fourth-order valence-corrected chi connectivity index (χ4v) is 2.16. The van der Waals surface area contributed by atoms with Crippen molar-refractivity contribution in [3.8, 4) is 5.75 Å². The minimum absolute atomic E-state index is 0.596. The van der Waals surface area contributed by atoms with E-state index in [4.69, 9.17) is 9.47 Å². The van der Waals surface area contributed by atoms with Gasteiger partial charge >= 0.3 is 0 Å². The highest BCUT2D eigenvalue weighted by Gasteiger charge is 2.27. The predicted octanol–water partition coefficient (Wildman–Crippen LogP) is 3.71. The van der Waals surface area contributed by atoms with Gasteiger partial charge in [0.1, 0.15) is 12.4 Å². The van der Waals surface area contributed by atoms with Crippen LogP contribution in [0.5, 0.6) is 5.75 Å². The first-order valence-corrected chi connectivity index (χ1v) is 6.48. The highest BCUT2D eigenvalue weighted by Crippen LogP contribution is 2.44. The molecule has 2 nitrogen and oxygen atoms in total. The summed E-state index contributed by atoms with van der Waals surface area (Å²) in [7, 11) is 1.70. The molecule has 0 aromatic heterocycles. The van der Waals surface area contributed by atoms with Gasteiger partial charge in [0.2, 0.25) is 0 Å². The Bertz CT molecular complexity index is 367. The average Bonchev–Trinajstić information content (AvgIpc) is 3.13. The highest BCUT2D eigenvalue weighted by molar-refractivity contribution is 5.41. The second kappa shape index (κ2) is 5.54. The Hall–Kier alpha value is -1.02. The van der Waals surface area contributed by atoms with Gasteiger partial charge in [-0.15, -0.1) is 0 Å². The first-order valence-electron chi connectivity index (χ1n) is 6.48. The van der Waals surface area contributed by atoms with Gasteiger partial charge in [-0.05, 0) is 47.9 Å². The topological polar surface area (TPSA) is 18.5 Å². The third-order valence-corrected chi connectivity index (χ3v) is 3.25. The van der Waals surface area contributed by atoms with E-state index < -0.39 is 0 Å². The summed E-state index contributed by atoms with van der Waals surface area (Å²) in [6.45, 7) is 5.78. The molecule has 0 aliphatic heterocycles. The fraction of sp³-hybridized carbons (Fsp3) is 0.600. The lowest BCUT2D eigenvalue weighted by Gasteiger charge is -2.14. The first kappa shape index (κ1) is 12.4. The maximum Gasteiger partial charge on any atom is 0.119 e. The van der Waals surface area contributed by atoms with E-state index in [-0.39, 0.29) is 0 Å². The molecular weight excluding hydrogens is 212 g/mol. The van der Waals surface area contributed by atoms with Crippen LogP contribution < -0.4 is 4.74 Å². The average molecular weight is 234 g/mol. The van der Waals surface area contributed by atoms with Crippen LogP contribution in [0.25, 0.3) is 0 Å². The van der Waals surface area contributed by atoms with Gasteiger partial charge in [0.05, 0.1) is 6.61 Å². The lowest BCUT2D eigenvalue weighted by Crippen LogP contribution is -2.05. The van der Waals surface area contributed by atoms with Crippen LogP contribution >= 0.6 is 0 Å². The molecule has 1 aromatic rings. The molecule has 1 aromatic carbocycles. The van der Waals surface area contributed by atoms with E-state index in [1.54, 1.807) is 7.11 Å². The molecule has 0 unspecified atom stereocenters. The zero-order valence-corrected chi connectivity index (χ0v) is 11.0. The standard InChI is InChI=1S/C15H22O2/c1-11(2)14-7-6-13(17-9-8-16-3)10-15(14)12-4-5-12/h6-7,10-12H,4-5,8-9H2,1-3H3. The summed E-state index contributed by atoms with van der Waals surface area (Å²) in [5, 5.41) is 0. The summed E-state index contributed by atoms with van der Waals surface area (Å²) in [4.78, 5) is 0. The smallest absolute Gasteiger partial charge is 0.119 e. The Morgan fingerprint density at radius 3 is 2.59 bits per heavy atom. The molecule has 0 heterocycles. The molecule has 0 N–H and O–H groups in total. The number of hydrogen-bond donors (Lipinski definition) is 0. The molecule has 94 valence electrons. The van der Waals surface area contributed by atoms with Crippen molar-refractivity contribution in [2.24, 2.45) is 0 Å². The highest BCUT2D eigenvalue weighted by atomic mass is 16.5. The summed E-state index contributed by atoms with van der Waals surface area (Å²) >= 11 is 0. The Morgan fingerprint density at radius 2 is 2.00 bits per heavy atom. The molecule has 0 bridgehead atoms. The maximum absolute atomic E-state index is 5.67. The number of rotatable bonds is 6. The van der Waals surface area contributed by atoms with E-state index in [9.17, 15) is 0 Å². The Morgan fingerprint density at radius 1 is 1.24 bits per heavy atom. The van der Waals surface area contributed by atoms with Gasteiger partial charge in [0.15, 0.2) is 0 Å². The molecule has 0 atom stereocenters. The van der Waals surface area contributed by atoms with Gasteiger partial charge in [-0.1, -0.05) is 19.9 Å². The predicted molar refractivity (Wildman–Crippen MR) is 69.9 cm³/mol. The van der Waals surface area contributed by atoms with Crippen molar-refractivity contribution in [3.63, 3.8) is 0 Å². The van der Waals surface area contributed by atoms with Crippen LogP contribution in [0.3, 0.4) is 0 Å². The van der Waals surface area contributed by atoms with E-state index in [2.05, 4.69) is 32.0 Å². The Labute approximate surface area is 104 Å². The molecule has 0 radical (unpaired) electrons. The lowest BCUT2D eigenvalue weighted by atomic mass is 9.94. The molecule has 2 heteroatoms. The summed E-state index contributed by atoms with van der Waals surface area (Å²) in [6, 6.07) is 6.53. The van der Waals surface area contributed by atoms with Crippen LogP contribution in [-0.2, 0) is 4.74 Å². The molecule has 2 rings (SSSR count). The van der Waals surface area contributed by atoms with Crippen molar-refractivity contribution in [2.75, 3.05) is 20.3 Å². The second-order valence-electron chi connectivity index (χ2n) is 5.06. The van der Waals surface area contributed by atoms with Gasteiger partial charge in [-0.3, -0.25) is 0 Å². The van der Waals surface area contributed by atoms with Crippen LogP contribution in [0.15, 0.2) is 18.2 Å². The van der Waals surface area contributed by atoms with Crippen LogP contribution in [0.4, 0.5) is 0 Å². The minimum atomic E-state index is 0.596. The number of methoxy groups -OCH3 is 1. The van der Waals surface area contributed by atoms with Crippen molar-refractivity contribution in [1.29, 1.82) is 0 Å². The zero-order chi connectivity index (χ0) is 12.3. The lowest BCUT2D eigenvalue weighted by molar-refractivity contribution is 0.146. The largest absolute Gasteiger partial charge is 0.491 e. The SMILES string of the molecule is COCCOc1ccc(C(C)C)c(C2CC2)c1. The van der Waals surface area contributed by atoms with Crippen LogP contribution in [0.1, 0.15) is 49.7 Å². The Balaban J connectivity index is 2.11. The molecule has 1 fully saturated rings. The summed E-state index contributed by atoms with van der Waals surface area (Å²) in [5.74, 6) is 2.35. The Kier molecular flexibility index (Phi) is 4.06. The number of ether oxygens (including phenoxy) is 2. The molecule has 0 saturated heterocycles. The van der Waals surface area contributed by atoms with E-state index in [0.717, 1.165) is 11.7 Å². The van der Waals surface area contributed by atoms with E-state index in [0.29, 0.717) is 19.1 Å². The molecule has 1 saturated carbocycles. The summed E-state index contributed by atoms with van der Waals surface area (Å²) in [5.41, 5.74) is 2.97. The van der Waals surface area contributed by atoms with Crippen LogP contribution in [0, 0.1) is 0 Å². The van der Waals surface area contributed by atoms with Crippen molar-refractivity contribution in [3.05, 3.63) is 29.3 Å². The van der Waals surface area contributed by atoms with Crippen molar-refractivity contribution in [2.45, 2.75) is 38.5 Å². The summed E-state index contributed by atoms with van der Waals surface area (Å²) in [6.07, 6.45) is 2.67. The molecule has 1 aliphatic carbocycles. The normalized spacial score (nSPS) is 15.3. The molecule has 0 spiro atoms. The van der Waals surface area contributed by atoms with Crippen molar-refractivity contribution >= 4 is 0 Å². The van der Waals surface area contributed by atoms with E-state index in [1.165, 1.54) is 24.0 Å². The third kappa shape index (κ3) is 3.22. The van der Waals surface area contributed by atoms with Crippen LogP contribution in [-0.4, -0.2) is 20.3 Å². The van der Waals surface area contributed by atoms with Gasteiger partial charge in [0, 0.05) is 7.11 Å². The zero-order valence-electron chi connectivity index (χ0n) is 11.0. The van der Waals surface area contributed by atoms with Crippen LogP contribution in [0.2, 0.25) is 0 Å². The minimum Gasteiger partial charge on any atom is -0.491 e. The molecule has 1 aliphatic rings. The monoisotopic (exact) mass is 234 g/mol. The molecular formula is C15H22O2. The van der Waals surface area contributed by atoms with E-state index in [1.807, 2.05) is 0 Å². The van der Waals surface area contributed by atoms with Crippen molar-refractivity contribution < 1.29 is 9.47 Å². The van der Waals surface area contributed by atoms with Gasteiger partial charge in [-0.25, -0.2) is 0 Å².